The van der Waals surface area contributed by atoms with Crippen LogP contribution in [0, 0.1) is 6.92 Å². The van der Waals surface area contributed by atoms with Crippen LogP contribution in [0.4, 0.5) is 11.5 Å². The zero-order valence-corrected chi connectivity index (χ0v) is 19.4. The predicted octanol–water partition coefficient (Wildman–Crippen LogP) is 5.73. The van der Waals surface area contributed by atoms with Gasteiger partial charge in [0, 0.05) is 45.8 Å². The molecule has 0 saturated carbocycles. The molecule has 0 saturated heterocycles. The summed E-state index contributed by atoms with van der Waals surface area (Å²) in [5, 5.41) is 7.54. The van der Waals surface area contributed by atoms with E-state index in [9.17, 15) is 4.79 Å². The molecule has 174 valence electrons. The molecular formula is C28H25N5O2. The van der Waals surface area contributed by atoms with Gasteiger partial charge >= 0.3 is 0 Å². The number of methoxy groups -OCH3 is 1. The van der Waals surface area contributed by atoms with Crippen molar-refractivity contribution in [3.05, 3.63) is 114 Å². The first-order valence-corrected chi connectivity index (χ1v) is 11.3. The minimum atomic E-state index is -0.243. The van der Waals surface area contributed by atoms with Crippen LogP contribution in [0.15, 0.2) is 91.3 Å². The lowest BCUT2D eigenvalue weighted by molar-refractivity contribution is 0.102. The highest BCUT2D eigenvalue weighted by atomic mass is 16.5. The fourth-order valence-electron chi connectivity index (χ4n) is 4.18. The molecule has 0 fully saturated rings. The molecule has 0 spiro atoms. The number of H-pyrrole nitrogens is 1. The lowest BCUT2D eigenvalue weighted by Gasteiger charge is -2.20. The Morgan fingerprint density at radius 2 is 1.71 bits per heavy atom. The van der Waals surface area contributed by atoms with Gasteiger partial charge in [-0.05, 0) is 73.7 Å². The minimum absolute atomic E-state index is 0.186. The maximum Gasteiger partial charge on any atom is 0.255 e. The smallest absolute Gasteiger partial charge is 0.255 e. The number of aryl methyl sites for hydroxylation is 1. The Balaban J connectivity index is 1.52. The van der Waals surface area contributed by atoms with E-state index in [1.807, 2.05) is 61.5 Å². The fraction of sp³-hybridized carbons (Fsp3) is 0.107. The average molecular weight is 464 g/mol. The summed E-state index contributed by atoms with van der Waals surface area (Å²) >= 11 is 0. The maximum atomic E-state index is 12.8. The maximum absolute atomic E-state index is 12.8. The number of amides is 1. The summed E-state index contributed by atoms with van der Waals surface area (Å²) in [6.45, 7) is 2.04. The number of rotatable bonds is 7. The summed E-state index contributed by atoms with van der Waals surface area (Å²) in [5.41, 5.74) is 5.16. The van der Waals surface area contributed by atoms with Gasteiger partial charge < -0.3 is 20.4 Å². The number of anilines is 2. The number of aromatic amines is 1. The van der Waals surface area contributed by atoms with Gasteiger partial charge in [-0.3, -0.25) is 9.78 Å². The first-order chi connectivity index (χ1) is 17.1. The predicted molar refractivity (Wildman–Crippen MR) is 138 cm³/mol. The lowest BCUT2D eigenvalue weighted by Crippen LogP contribution is -2.15. The molecule has 3 heterocycles. The molecule has 7 nitrogen and oxygen atoms in total. The van der Waals surface area contributed by atoms with Gasteiger partial charge in [-0.15, -0.1) is 0 Å². The molecule has 0 aliphatic carbocycles. The number of fused-ring (bicyclic) bond motifs is 1. The fourth-order valence-corrected chi connectivity index (χ4v) is 4.18. The molecule has 0 bridgehead atoms. The summed E-state index contributed by atoms with van der Waals surface area (Å²) in [7, 11) is 1.60. The van der Waals surface area contributed by atoms with Crippen molar-refractivity contribution in [2.24, 2.45) is 0 Å². The van der Waals surface area contributed by atoms with E-state index in [0.29, 0.717) is 17.0 Å². The first kappa shape index (κ1) is 22.2. The Bertz CT molecular complexity index is 1450. The van der Waals surface area contributed by atoms with Gasteiger partial charge in [-0.1, -0.05) is 12.1 Å². The van der Waals surface area contributed by atoms with Crippen molar-refractivity contribution in [3.63, 3.8) is 0 Å². The Kier molecular flexibility index (Phi) is 6.13. The first-order valence-electron chi connectivity index (χ1n) is 11.3. The molecule has 0 unspecified atom stereocenters. The van der Waals surface area contributed by atoms with Gasteiger partial charge in [0.2, 0.25) is 0 Å². The van der Waals surface area contributed by atoms with Crippen molar-refractivity contribution in [3.8, 4) is 5.75 Å². The number of nitrogens with zero attached hydrogens (tertiary/aromatic N) is 2. The van der Waals surface area contributed by atoms with E-state index >= 15 is 0 Å². The Morgan fingerprint density at radius 1 is 0.943 bits per heavy atom. The number of hydrogen-bond donors (Lipinski definition) is 3. The number of nitrogens with one attached hydrogen (secondary N) is 3. The summed E-state index contributed by atoms with van der Waals surface area (Å²) in [6, 6.07) is 24.3. The van der Waals surface area contributed by atoms with E-state index in [2.05, 4.69) is 25.6 Å². The highest BCUT2D eigenvalue weighted by molar-refractivity contribution is 6.05. The molecule has 35 heavy (non-hydrogen) atoms. The minimum Gasteiger partial charge on any atom is -0.497 e. The van der Waals surface area contributed by atoms with Crippen LogP contribution >= 0.6 is 0 Å². The molecule has 3 aromatic heterocycles. The molecule has 3 N–H and O–H groups in total. The number of hydrogen-bond acceptors (Lipinski definition) is 5. The van der Waals surface area contributed by atoms with E-state index in [-0.39, 0.29) is 11.9 Å². The third kappa shape index (κ3) is 4.70. The van der Waals surface area contributed by atoms with Crippen LogP contribution in [0.2, 0.25) is 0 Å². The topological polar surface area (TPSA) is 91.9 Å². The monoisotopic (exact) mass is 463 g/mol. The van der Waals surface area contributed by atoms with Gasteiger partial charge in [0.25, 0.3) is 5.91 Å². The van der Waals surface area contributed by atoms with Crippen molar-refractivity contribution in [1.29, 1.82) is 0 Å². The van der Waals surface area contributed by atoms with Crippen LogP contribution in [0.3, 0.4) is 0 Å². The van der Waals surface area contributed by atoms with E-state index in [1.165, 1.54) is 0 Å². The lowest BCUT2D eigenvalue weighted by atomic mass is 9.99. The normalized spacial score (nSPS) is 11.7. The summed E-state index contributed by atoms with van der Waals surface area (Å²) < 4.78 is 5.18. The standard InChI is InChI=1S/C28H25N5O2/c1-18-26(27(24-7-3-5-15-29-24)33-25-8-4-6-16-30-25)22-17-20(11-14-23(22)31-18)32-28(34)19-9-12-21(35-2)13-10-19/h3-17,27,31H,1-2H3,(H,30,33)(H,32,34)/t27-/m0/s1. The highest BCUT2D eigenvalue weighted by Crippen LogP contribution is 2.35. The number of aromatic nitrogens is 3. The zero-order chi connectivity index (χ0) is 24.2. The molecule has 5 rings (SSSR count). The average Bonchev–Trinajstić information content (AvgIpc) is 3.23. The van der Waals surface area contributed by atoms with Gasteiger partial charge in [0.05, 0.1) is 18.8 Å². The van der Waals surface area contributed by atoms with Crippen molar-refractivity contribution in [2.75, 3.05) is 17.7 Å². The Hall–Kier alpha value is -4.65. The number of ether oxygens (including phenoxy) is 1. The second-order valence-corrected chi connectivity index (χ2v) is 8.15. The largest absolute Gasteiger partial charge is 0.497 e. The van der Waals surface area contributed by atoms with Crippen LogP contribution in [0.25, 0.3) is 10.9 Å². The number of benzene rings is 2. The van der Waals surface area contributed by atoms with Gasteiger partial charge in [0.15, 0.2) is 0 Å². The quantitative estimate of drug-likeness (QED) is 0.287. The molecule has 5 aromatic rings. The summed E-state index contributed by atoms with van der Waals surface area (Å²) in [5.74, 6) is 1.27. The third-order valence-electron chi connectivity index (χ3n) is 5.88. The number of carbonyl (C=O) groups is 1. The van der Waals surface area contributed by atoms with E-state index < -0.39 is 0 Å². The van der Waals surface area contributed by atoms with Crippen molar-refractivity contribution in [2.45, 2.75) is 13.0 Å². The molecule has 7 heteroatoms. The van der Waals surface area contributed by atoms with E-state index in [4.69, 9.17) is 4.74 Å². The highest BCUT2D eigenvalue weighted by Gasteiger charge is 2.23. The van der Waals surface area contributed by atoms with Gasteiger partial charge in [0.1, 0.15) is 11.6 Å². The van der Waals surface area contributed by atoms with E-state index in [0.717, 1.165) is 33.7 Å². The van der Waals surface area contributed by atoms with Crippen LogP contribution in [0.1, 0.15) is 33.4 Å². The van der Waals surface area contributed by atoms with Crippen LogP contribution in [-0.4, -0.2) is 28.0 Å². The van der Waals surface area contributed by atoms with Crippen molar-refractivity contribution < 1.29 is 9.53 Å². The molecule has 0 aliphatic rings. The zero-order valence-electron chi connectivity index (χ0n) is 19.4. The third-order valence-corrected chi connectivity index (χ3v) is 5.88. The Labute approximate surface area is 203 Å². The molecule has 0 aliphatic heterocycles. The van der Waals surface area contributed by atoms with Gasteiger partial charge in [-0.2, -0.15) is 0 Å². The van der Waals surface area contributed by atoms with Crippen molar-refractivity contribution in [1.82, 2.24) is 15.0 Å². The summed E-state index contributed by atoms with van der Waals surface area (Å²) in [6.07, 6.45) is 3.54. The second-order valence-electron chi connectivity index (χ2n) is 8.15. The molecule has 1 atom stereocenters. The molecular weight excluding hydrogens is 438 g/mol. The summed E-state index contributed by atoms with van der Waals surface area (Å²) in [4.78, 5) is 25.4. The van der Waals surface area contributed by atoms with Crippen LogP contribution in [-0.2, 0) is 0 Å². The number of carbonyl (C=O) groups excluding carboxylic acids is 1. The number of pyridine rings is 2. The van der Waals surface area contributed by atoms with Crippen LogP contribution < -0.4 is 15.4 Å². The van der Waals surface area contributed by atoms with Crippen molar-refractivity contribution >= 4 is 28.3 Å². The molecule has 0 radical (unpaired) electrons. The SMILES string of the molecule is COc1ccc(C(=O)Nc2ccc3[nH]c(C)c([C@@H](Nc4ccccn4)c4ccccn4)c3c2)cc1. The molecule has 1 amide bonds. The van der Waals surface area contributed by atoms with E-state index in [1.54, 1.807) is 43.8 Å². The Morgan fingerprint density at radius 3 is 2.40 bits per heavy atom. The van der Waals surface area contributed by atoms with Crippen LogP contribution in [0.5, 0.6) is 5.75 Å². The molecule has 2 aromatic carbocycles. The van der Waals surface area contributed by atoms with Gasteiger partial charge in [-0.25, -0.2) is 4.98 Å². The second kappa shape index (κ2) is 9.69.